The summed E-state index contributed by atoms with van der Waals surface area (Å²) in [6.07, 6.45) is 1.86. The summed E-state index contributed by atoms with van der Waals surface area (Å²) < 4.78 is 2.72. The van der Waals surface area contributed by atoms with Crippen LogP contribution in [0.5, 0.6) is 0 Å². The smallest absolute Gasteiger partial charge is 0.270 e. The molecule has 0 saturated carbocycles. The number of hydrogen-bond donors (Lipinski definition) is 1. The summed E-state index contributed by atoms with van der Waals surface area (Å²) in [5, 5.41) is 2.96. The maximum absolute atomic E-state index is 12.5. The molecule has 0 spiro atoms. The van der Waals surface area contributed by atoms with E-state index in [-0.39, 0.29) is 5.91 Å². The van der Waals surface area contributed by atoms with Gasteiger partial charge in [-0.05, 0) is 47.5 Å². The van der Waals surface area contributed by atoms with Crippen LogP contribution in [0.25, 0.3) is 5.65 Å². The molecule has 1 amide bonds. The average Bonchev–Trinajstić information content (AvgIpc) is 2.81. The number of carbonyl (C=O) groups excluding carboxylic acids is 1. The van der Waals surface area contributed by atoms with Gasteiger partial charge in [-0.3, -0.25) is 9.20 Å². The minimum Gasteiger partial charge on any atom is -0.347 e. The minimum absolute atomic E-state index is 0.122. The van der Waals surface area contributed by atoms with Crippen molar-refractivity contribution in [1.82, 2.24) is 14.7 Å². The van der Waals surface area contributed by atoms with Crippen molar-refractivity contribution in [2.24, 2.45) is 0 Å². The molecule has 0 radical (unpaired) electrons. The third kappa shape index (κ3) is 2.90. The van der Waals surface area contributed by atoms with Crippen molar-refractivity contribution in [2.45, 2.75) is 20.4 Å². The number of aryl methyl sites for hydroxylation is 2. The van der Waals surface area contributed by atoms with E-state index >= 15 is 0 Å². The molecule has 0 fully saturated rings. The molecular weight excluding hydrogens is 342 g/mol. The van der Waals surface area contributed by atoms with Crippen LogP contribution in [-0.4, -0.2) is 15.3 Å². The topological polar surface area (TPSA) is 46.4 Å². The number of benzene rings is 1. The third-order valence-corrected chi connectivity index (χ3v) is 4.01. The quantitative estimate of drug-likeness (QED) is 0.777. The van der Waals surface area contributed by atoms with Gasteiger partial charge in [0.2, 0.25) is 0 Å². The molecule has 112 valence electrons. The number of pyridine rings is 1. The van der Waals surface area contributed by atoms with Gasteiger partial charge in [0.25, 0.3) is 5.91 Å². The van der Waals surface area contributed by atoms with Gasteiger partial charge in [-0.1, -0.05) is 29.8 Å². The van der Waals surface area contributed by atoms with Gasteiger partial charge in [0, 0.05) is 17.2 Å². The van der Waals surface area contributed by atoms with Crippen molar-refractivity contribution in [3.63, 3.8) is 0 Å². The van der Waals surface area contributed by atoms with Gasteiger partial charge in [0.1, 0.15) is 11.3 Å². The van der Waals surface area contributed by atoms with Crippen molar-refractivity contribution in [1.29, 1.82) is 0 Å². The summed E-state index contributed by atoms with van der Waals surface area (Å²) in [5.74, 6) is -0.122. The number of nitrogens with one attached hydrogen (secondary N) is 1. The van der Waals surface area contributed by atoms with Crippen LogP contribution in [0.4, 0.5) is 0 Å². The van der Waals surface area contributed by atoms with Gasteiger partial charge >= 0.3 is 0 Å². The summed E-state index contributed by atoms with van der Waals surface area (Å²) in [7, 11) is 0. The summed E-state index contributed by atoms with van der Waals surface area (Å²) in [4.78, 5) is 16.9. The highest BCUT2D eigenvalue weighted by Crippen LogP contribution is 2.16. The van der Waals surface area contributed by atoms with Crippen molar-refractivity contribution >= 4 is 27.5 Å². The van der Waals surface area contributed by atoms with Crippen molar-refractivity contribution < 1.29 is 4.79 Å². The first-order valence-electron chi connectivity index (χ1n) is 7.02. The number of hydrogen-bond acceptors (Lipinski definition) is 2. The first-order chi connectivity index (χ1) is 10.5. The average molecular weight is 358 g/mol. The van der Waals surface area contributed by atoms with E-state index in [1.165, 1.54) is 5.56 Å². The third-order valence-electron chi connectivity index (χ3n) is 3.55. The summed E-state index contributed by atoms with van der Waals surface area (Å²) in [5.41, 5.74) is 4.34. The predicted octanol–water partition coefficient (Wildman–Crippen LogP) is 3.64. The fraction of sp³-hybridized carbons (Fsp3) is 0.176. The zero-order valence-corrected chi connectivity index (χ0v) is 14.0. The Labute approximate surface area is 137 Å². The van der Waals surface area contributed by atoms with Crippen molar-refractivity contribution in [3.8, 4) is 0 Å². The van der Waals surface area contributed by atoms with E-state index in [0.29, 0.717) is 12.2 Å². The second-order valence-corrected chi connectivity index (χ2v) is 6.21. The van der Waals surface area contributed by atoms with Crippen LogP contribution in [0.1, 0.15) is 27.3 Å². The van der Waals surface area contributed by atoms with Gasteiger partial charge in [0.15, 0.2) is 0 Å². The van der Waals surface area contributed by atoms with Crippen LogP contribution in [0.15, 0.2) is 47.1 Å². The number of rotatable bonds is 3. The molecule has 22 heavy (non-hydrogen) atoms. The molecule has 2 aromatic heterocycles. The molecule has 1 N–H and O–H groups in total. The van der Waals surface area contributed by atoms with Crippen LogP contribution < -0.4 is 5.32 Å². The minimum atomic E-state index is -0.122. The van der Waals surface area contributed by atoms with E-state index < -0.39 is 0 Å². The number of amides is 1. The van der Waals surface area contributed by atoms with Crippen LogP contribution in [-0.2, 0) is 6.54 Å². The largest absolute Gasteiger partial charge is 0.347 e. The Bertz CT molecular complexity index is 837. The van der Waals surface area contributed by atoms with Crippen LogP contribution >= 0.6 is 15.9 Å². The van der Waals surface area contributed by atoms with E-state index in [2.05, 4.69) is 26.2 Å². The van der Waals surface area contributed by atoms with E-state index in [9.17, 15) is 4.79 Å². The zero-order valence-electron chi connectivity index (χ0n) is 12.4. The van der Waals surface area contributed by atoms with E-state index in [0.717, 1.165) is 21.4 Å². The maximum Gasteiger partial charge on any atom is 0.270 e. The molecule has 0 aliphatic heterocycles. The molecule has 1 aromatic carbocycles. The van der Waals surface area contributed by atoms with Crippen LogP contribution in [0.2, 0.25) is 0 Å². The molecule has 2 heterocycles. The lowest BCUT2D eigenvalue weighted by Crippen LogP contribution is -2.25. The number of carbonyl (C=O) groups is 1. The zero-order chi connectivity index (χ0) is 15.7. The summed E-state index contributed by atoms with van der Waals surface area (Å²) >= 11 is 3.43. The van der Waals surface area contributed by atoms with Crippen molar-refractivity contribution in [3.05, 3.63) is 69.6 Å². The first kappa shape index (κ1) is 14.8. The molecule has 0 unspecified atom stereocenters. The summed E-state index contributed by atoms with van der Waals surface area (Å²) in [6.45, 7) is 4.39. The lowest BCUT2D eigenvalue weighted by molar-refractivity contribution is 0.0944. The molecule has 3 aromatic rings. The Morgan fingerprint density at radius 2 is 1.91 bits per heavy atom. The molecule has 0 aliphatic rings. The highest BCUT2D eigenvalue weighted by Gasteiger charge is 2.16. The van der Waals surface area contributed by atoms with Crippen LogP contribution in [0.3, 0.4) is 0 Å². The van der Waals surface area contributed by atoms with Gasteiger partial charge in [-0.15, -0.1) is 0 Å². The molecule has 0 aliphatic carbocycles. The second-order valence-electron chi connectivity index (χ2n) is 5.29. The number of imidazole rings is 1. The van der Waals surface area contributed by atoms with E-state index in [1.54, 1.807) is 0 Å². The first-order valence-corrected chi connectivity index (χ1v) is 7.82. The number of fused-ring (bicyclic) bond motifs is 1. The van der Waals surface area contributed by atoms with Crippen LogP contribution in [0, 0.1) is 13.8 Å². The van der Waals surface area contributed by atoms with E-state index in [1.807, 2.05) is 60.8 Å². The maximum atomic E-state index is 12.5. The monoisotopic (exact) mass is 357 g/mol. The Balaban J connectivity index is 1.84. The van der Waals surface area contributed by atoms with Crippen molar-refractivity contribution in [2.75, 3.05) is 0 Å². The Kier molecular flexibility index (Phi) is 3.98. The SMILES string of the molecule is Cc1ccc(CNC(=O)c2c(C)nc3ccc(Br)cn23)cc1. The van der Waals surface area contributed by atoms with E-state index in [4.69, 9.17) is 0 Å². The molecule has 4 nitrogen and oxygen atoms in total. The Hall–Kier alpha value is -2.14. The second kappa shape index (κ2) is 5.93. The predicted molar refractivity (Wildman–Crippen MR) is 90.0 cm³/mol. The van der Waals surface area contributed by atoms with Gasteiger partial charge < -0.3 is 5.32 Å². The lowest BCUT2D eigenvalue weighted by atomic mass is 10.1. The highest BCUT2D eigenvalue weighted by molar-refractivity contribution is 9.10. The number of halogens is 1. The molecular formula is C17H16BrN3O. The molecule has 3 rings (SSSR count). The fourth-order valence-corrected chi connectivity index (χ4v) is 2.72. The molecule has 0 bridgehead atoms. The number of aromatic nitrogens is 2. The highest BCUT2D eigenvalue weighted by atomic mass is 79.9. The van der Waals surface area contributed by atoms with Gasteiger partial charge in [0.05, 0.1) is 5.69 Å². The van der Waals surface area contributed by atoms with Gasteiger partial charge in [-0.2, -0.15) is 0 Å². The Morgan fingerprint density at radius 3 is 2.64 bits per heavy atom. The standard InChI is InChI=1S/C17H16BrN3O/c1-11-3-5-13(6-4-11)9-19-17(22)16-12(2)20-15-8-7-14(18)10-21(15)16/h3-8,10H,9H2,1-2H3,(H,19,22). The Morgan fingerprint density at radius 1 is 1.18 bits per heavy atom. The lowest BCUT2D eigenvalue weighted by Gasteiger charge is -2.07. The van der Waals surface area contributed by atoms with Gasteiger partial charge in [-0.25, -0.2) is 4.98 Å². The fourth-order valence-electron chi connectivity index (χ4n) is 2.38. The number of nitrogens with zero attached hydrogens (tertiary/aromatic N) is 2. The summed E-state index contributed by atoms with van der Waals surface area (Å²) in [6, 6.07) is 11.9. The molecule has 0 atom stereocenters. The molecule has 5 heteroatoms. The molecule has 0 saturated heterocycles. The normalized spacial score (nSPS) is 10.9.